The molecule has 2 aromatic rings. The van der Waals surface area contributed by atoms with E-state index in [9.17, 15) is 19.2 Å². The summed E-state index contributed by atoms with van der Waals surface area (Å²) in [5, 5.41) is 1.13. The minimum Gasteiger partial charge on any atom is -0.501 e. The molecule has 0 spiro atoms. The van der Waals surface area contributed by atoms with E-state index < -0.39 is 22.7 Å². The van der Waals surface area contributed by atoms with Gasteiger partial charge in [-0.25, -0.2) is 0 Å². The Morgan fingerprint density at radius 1 is 0.974 bits per heavy atom. The predicted molar refractivity (Wildman–Crippen MR) is 150 cm³/mol. The number of benzene rings is 2. The molecule has 1 N–H and O–H groups in total. The second-order valence-electron chi connectivity index (χ2n) is 11.0. The van der Waals surface area contributed by atoms with Gasteiger partial charge in [0.25, 0.3) is 5.91 Å². The zero-order valence-corrected chi connectivity index (χ0v) is 22.2. The molecule has 1 atom stereocenters. The fraction of sp³-hybridized carbons (Fsp3) is 0.360. The van der Waals surface area contributed by atoms with E-state index in [2.05, 4.69) is 5.32 Å². The van der Waals surface area contributed by atoms with Crippen molar-refractivity contribution < 1.29 is 28.7 Å². The molecule has 13 heteroatoms. The number of amides is 4. The van der Waals surface area contributed by atoms with Gasteiger partial charge >= 0.3 is 0 Å². The first-order chi connectivity index (χ1) is 18.0. The molecule has 5 rings (SSSR count). The van der Waals surface area contributed by atoms with Gasteiger partial charge in [-0.2, -0.15) is 0 Å². The summed E-state index contributed by atoms with van der Waals surface area (Å²) >= 11 is 0. The largest absolute Gasteiger partial charge is 0.501 e. The van der Waals surface area contributed by atoms with E-state index >= 15 is 0 Å². The molecule has 0 bridgehead atoms. The van der Waals surface area contributed by atoms with Gasteiger partial charge in [-0.1, -0.05) is 30.3 Å². The SMILES string of the molecule is BC(B)(Oc1cccc2c1CN(C1CCC(=O)NC1=O)C2=O)c1ccc(C(B)(B)N2CCOCC2=O)cc1. The number of carbonyl (C=O) groups is 4. The zero-order valence-electron chi connectivity index (χ0n) is 22.2. The number of imide groups is 1. The van der Waals surface area contributed by atoms with E-state index in [0.717, 1.165) is 16.7 Å². The Bertz CT molecular complexity index is 1320. The Hall–Kier alpha value is -3.46. The Balaban J connectivity index is 1.35. The Morgan fingerprint density at radius 2 is 1.68 bits per heavy atom. The summed E-state index contributed by atoms with van der Waals surface area (Å²) in [6.07, 6.45) is 0.518. The molecule has 9 nitrogen and oxygen atoms in total. The second-order valence-corrected chi connectivity index (χ2v) is 11.0. The van der Waals surface area contributed by atoms with Gasteiger partial charge in [0.2, 0.25) is 17.7 Å². The van der Waals surface area contributed by atoms with Gasteiger partial charge in [0.15, 0.2) is 15.7 Å². The van der Waals surface area contributed by atoms with Crippen molar-refractivity contribution in [3.8, 4) is 5.75 Å². The molecule has 0 aliphatic carbocycles. The van der Waals surface area contributed by atoms with Crippen molar-refractivity contribution in [2.24, 2.45) is 0 Å². The minimum atomic E-state index is -0.725. The van der Waals surface area contributed by atoms with Gasteiger partial charge < -0.3 is 19.3 Å². The number of nitrogens with one attached hydrogen (secondary N) is 1. The molecule has 0 saturated carbocycles. The summed E-state index contributed by atoms with van der Waals surface area (Å²) in [6, 6.07) is 12.7. The summed E-state index contributed by atoms with van der Waals surface area (Å²) in [5.41, 5.74) is 3.20. The van der Waals surface area contributed by atoms with Crippen LogP contribution in [0.1, 0.15) is 39.9 Å². The molecule has 2 aromatic carbocycles. The van der Waals surface area contributed by atoms with Crippen LogP contribution in [-0.2, 0) is 36.4 Å². The third-order valence-electron chi connectivity index (χ3n) is 7.85. The van der Waals surface area contributed by atoms with Crippen molar-refractivity contribution >= 4 is 55.0 Å². The van der Waals surface area contributed by atoms with Crippen LogP contribution in [0.2, 0.25) is 0 Å². The summed E-state index contributed by atoms with van der Waals surface area (Å²) in [5.74, 6) is -0.423. The maximum absolute atomic E-state index is 13.2. The van der Waals surface area contributed by atoms with E-state index in [0.29, 0.717) is 30.9 Å². The molecular weight excluding hydrogens is 482 g/mol. The lowest BCUT2D eigenvalue weighted by Gasteiger charge is -2.42. The molecule has 0 aromatic heterocycles. The van der Waals surface area contributed by atoms with Gasteiger partial charge in [-0.3, -0.25) is 24.5 Å². The lowest BCUT2D eigenvalue weighted by molar-refractivity contribution is -0.145. The monoisotopic (exact) mass is 511 g/mol. The zero-order chi connectivity index (χ0) is 27.2. The average molecular weight is 511 g/mol. The standard InChI is InChI=1S/C25H29B4N3O6/c26-24(27,32-10-11-37-13-21(32)34)14-4-6-15(7-5-14)25(28,29)38-19-3-1-2-16-17(19)12-31(23(16)36)18-8-9-20(33)30-22(18)35/h1-7,18H,8-13,26-29H2,(H,30,33,35). The molecule has 2 fully saturated rings. The lowest BCUT2D eigenvalue weighted by Crippen LogP contribution is -2.55. The first kappa shape index (κ1) is 26.2. The predicted octanol–water partition coefficient (Wildman–Crippen LogP) is -2.86. The van der Waals surface area contributed by atoms with Gasteiger partial charge in [-0.05, 0) is 29.7 Å². The molecule has 1 unspecified atom stereocenters. The van der Waals surface area contributed by atoms with Crippen LogP contribution in [0.4, 0.5) is 0 Å². The maximum atomic E-state index is 13.2. The number of piperidine rings is 1. The second kappa shape index (κ2) is 9.69. The van der Waals surface area contributed by atoms with Crippen LogP contribution in [0, 0.1) is 0 Å². The highest BCUT2D eigenvalue weighted by Crippen LogP contribution is 2.36. The smallest absolute Gasteiger partial charge is 0.255 e. The van der Waals surface area contributed by atoms with Crippen LogP contribution in [0.5, 0.6) is 5.75 Å². The van der Waals surface area contributed by atoms with Gasteiger partial charge in [0.1, 0.15) is 34.1 Å². The lowest BCUT2D eigenvalue weighted by atomic mass is 9.56. The number of hydrogen-bond acceptors (Lipinski definition) is 6. The van der Waals surface area contributed by atoms with E-state index in [1.807, 2.05) is 66.6 Å². The first-order valence-electron chi connectivity index (χ1n) is 12.9. The highest BCUT2D eigenvalue weighted by Gasteiger charge is 2.41. The normalized spacial score (nSPS) is 20.4. The molecule has 3 aliphatic heterocycles. The van der Waals surface area contributed by atoms with Gasteiger partial charge in [0, 0.05) is 29.4 Å². The summed E-state index contributed by atoms with van der Waals surface area (Å²) in [6.45, 7) is 1.43. The van der Waals surface area contributed by atoms with Crippen LogP contribution in [0.15, 0.2) is 42.5 Å². The van der Waals surface area contributed by atoms with E-state index in [4.69, 9.17) is 9.47 Å². The molecule has 192 valence electrons. The number of fused-ring (bicyclic) bond motifs is 1. The number of ether oxygens (including phenoxy) is 2. The summed E-state index contributed by atoms with van der Waals surface area (Å²) in [4.78, 5) is 53.0. The van der Waals surface area contributed by atoms with Crippen molar-refractivity contribution in [2.75, 3.05) is 19.8 Å². The fourth-order valence-electron chi connectivity index (χ4n) is 5.53. The Labute approximate surface area is 225 Å². The minimum absolute atomic E-state index is 0.0205. The Morgan fingerprint density at radius 3 is 2.37 bits per heavy atom. The van der Waals surface area contributed by atoms with Crippen molar-refractivity contribution in [2.45, 2.75) is 36.2 Å². The average Bonchev–Trinajstić information content (AvgIpc) is 3.21. The maximum Gasteiger partial charge on any atom is 0.255 e. The number of nitrogens with zero attached hydrogens (tertiary/aromatic N) is 2. The van der Waals surface area contributed by atoms with Gasteiger partial charge in [0.05, 0.1) is 18.6 Å². The van der Waals surface area contributed by atoms with E-state index in [1.165, 1.54) is 4.90 Å². The van der Waals surface area contributed by atoms with Crippen molar-refractivity contribution in [1.82, 2.24) is 15.1 Å². The summed E-state index contributed by atoms with van der Waals surface area (Å²) < 4.78 is 11.8. The number of rotatable bonds is 6. The quantitative estimate of drug-likeness (QED) is 0.331. The third kappa shape index (κ3) is 4.64. The van der Waals surface area contributed by atoms with Crippen LogP contribution in [0.25, 0.3) is 0 Å². The van der Waals surface area contributed by atoms with Crippen LogP contribution < -0.4 is 10.1 Å². The highest BCUT2D eigenvalue weighted by molar-refractivity contribution is 6.41. The van der Waals surface area contributed by atoms with Crippen molar-refractivity contribution in [3.63, 3.8) is 0 Å². The van der Waals surface area contributed by atoms with Crippen LogP contribution in [0.3, 0.4) is 0 Å². The van der Waals surface area contributed by atoms with Crippen molar-refractivity contribution in [3.05, 3.63) is 64.7 Å². The van der Waals surface area contributed by atoms with Gasteiger partial charge in [-0.15, -0.1) is 0 Å². The molecule has 3 heterocycles. The number of morpholine rings is 1. The molecule has 4 amide bonds. The van der Waals surface area contributed by atoms with Crippen molar-refractivity contribution in [1.29, 1.82) is 0 Å². The van der Waals surface area contributed by atoms with Crippen LogP contribution >= 0.6 is 0 Å². The molecule has 3 aliphatic rings. The first-order valence-corrected chi connectivity index (χ1v) is 12.9. The summed E-state index contributed by atoms with van der Waals surface area (Å²) in [7, 11) is 8.00. The third-order valence-corrected chi connectivity index (χ3v) is 7.85. The molecule has 2 saturated heterocycles. The highest BCUT2D eigenvalue weighted by atomic mass is 16.5. The Kier molecular flexibility index (Phi) is 6.67. The molecule has 38 heavy (non-hydrogen) atoms. The molecule has 0 radical (unpaired) electrons. The topological polar surface area (TPSA) is 105 Å². The van der Waals surface area contributed by atoms with E-state index in [-0.39, 0.29) is 37.3 Å². The molecular formula is C25H29B4N3O6. The van der Waals surface area contributed by atoms with Crippen LogP contribution in [-0.4, -0.2) is 90.6 Å². The van der Waals surface area contributed by atoms with E-state index in [1.54, 1.807) is 12.1 Å². The number of hydrogen-bond donors (Lipinski definition) is 1. The fourth-order valence-corrected chi connectivity index (χ4v) is 5.53. The number of carbonyl (C=O) groups excluding carboxylic acids is 4.